The Labute approximate surface area is 191 Å². The third-order valence-electron chi connectivity index (χ3n) is 5.09. The van der Waals surface area contributed by atoms with Gasteiger partial charge in [0.1, 0.15) is 17.2 Å². The summed E-state index contributed by atoms with van der Waals surface area (Å²) in [5.74, 6) is 1.90. The quantitative estimate of drug-likeness (QED) is 0.451. The van der Waals surface area contributed by atoms with Crippen LogP contribution in [0.1, 0.15) is 16.2 Å². The van der Waals surface area contributed by atoms with E-state index in [-0.39, 0.29) is 5.82 Å². The second-order valence-electron chi connectivity index (χ2n) is 7.26. The average molecular weight is 444 g/mol. The van der Waals surface area contributed by atoms with Crippen LogP contribution in [-0.4, -0.2) is 42.0 Å². The van der Waals surface area contributed by atoms with Crippen molar-refractivity contribution in [2.24, 2.45) is 0 Å². The standard InChI is InChI=1S/C25H24N4O4/c1-16-5-7-17(8-6-16)24-27-23(28-29(24)18-9-11-19(31-2)12-10-18)25(30)26-21-15-20(32-3)13-14-22(21)33-4/h5-15H,1-4H3,(H,26,30). The minimum absolute atomic E-state index is 0.0197. The van der Waals surface area contributed by atoms with Gasteiger partial charge in [0.05, 0.1) is 32.7 Å². The summed E-state index contributed by atoms with van der Waals surface area (Å²) in [5.41, 5.74) is 3.16. The number of aromatic nitrogens is 3. The fourth-order valence-corrected chi connectivity index (χ4v) is 3.29. The Balaban J connectivity index is 1.74. The van der Waals surface area contributed by atoms with Crippen LogP contribution in [0.2, 0.25) is 0 Å². The Kier molecular flexibility index (Phi) is 6.26. The van der Waals surface area contributed by atoms with Gasteiger partial charge < -0.3 is 19.5 Å². The fraction of sp³-hybridized carbons (Fsp3) is 0.160. The van der Waals surface area contributed by atoms with Crippen LogP contribution in [0.3, 0.4) is 0 Å². The third-order valence-corrected chi connectivity index (χ3v) is 5.09. The van der Waals surface area contributed by atoms with E-state index >= 15 is 0 Å². The summed E-state index contributed by atoms with van der Waals surface area (Å²) in [4.78, 5) is 17.7. The number of hydrogen-bond donors (Lipinski definition) is 1. The molecule has 0 bridgehead atoms. The molecule has 4 rings (SSSR count). The van der Waals surface area contributed by atoms with Crippen LogP contribution in [0.15, 0.2) is 66.7 Å². The number of hydrogen-bond acceptors (Lipinski definition) is 6. The molecule has 3 aromatic carbocycles. The van der Waals surface area contributed by atoms with Gasteiger partial charge in [0.2, 0.25) is 5.82 Å². The topological polar surface area (TPSA) is 87.5 Å². The molecule has 168 valence electrons. The minimum atomic E-state index is -0.470. The molecule has 0 saturated heterocycles. The number of rotatable bonds is 7. The zero-order valence-electron chi connectivity index (χ0n) is 18.8. The molecule has 1 amide bonds. The van der Waals surface area contributed by atoms with E-state index in [4.69, 9.17) is 14.2 Å². The van der Waals surface area contributed by atoms with Crippen molar-refractivity contribution in [1.82, 2.24) is 14.8 Å². The number of carbonyl (C=O) groups excluding carboxylic acids is 1. The molecule has 8 heteroatoms. The zero-order valence-corrected chi connectivity index (χ0v) is 18.8. The first-order valence-electron chi connectivity index (χ1n) is 10.2. The van der Waals surface area contributed by atoms with Crippen LogP contribution >= 0.6 is 0 Å². The Hall–Kier alpha value is -4.33. The molecule has 0 aliphatic carbocycles. The van der Waals surface area contributed by atoms with Gasteiger partial charge in [0.25, 0.3) is 5.91 Å². The van der Waals surface area contributed by atoms with E-state index in [0.717, 1.165) is 22.6 Å². The van der Waals surface area contributed by atoms with Gasteiger partial charge in [-0.1, -0.05) is 29.8 Å². The molecule has 1 heterocycles. The molecule has 0 atom stereocenters. The van der Waals surface area contributed by atoms with Crippen LogP contribution in [0.25, 0.3) is 17.1 Å². The van der Waals surface area contributed by atoms with Crippen LogP contribution in [0.5, 0.6) is 17.2 Å². The lowest BCUT2D eigenvalue weighted by atomic mass is 10.1. The summed E-state index contributed by atoms with van der Waals surface area (Å²) in [6.07, 6.45) is 0. The molecule has 8 nitrogen and oxygen atoms in total. The van der Waals surface area contributed by atoms with Gasteiger partial charge in [-0.15, -0.1) is 5.10 Å². The molecule has 0 saturated carbocycles. The van der Waals surface area contributed by atoms with E-state index < -0.39 is 5.91 Å². The summed E-state index contributed by atoms with van der Waals surface area (Å²) < 4.78 is 17.5. The lowest BCUT2D eigenvalue weighted by Gasteiger charge is -2.10. The third kappa shape index (κ3) is 4.64. The first-order chi connectivity index (χ1) is 16.0. The van der Waals surface area contributed by atoms with Crippen molar-refractivity contribution in [3.63, 3.8) is 0 Å². The highest BCUT2D eigenvalue weighted by Crippen LogP contribution is 2.29. The molecule has 1 N–H and O–H groups in total. The maximum Gasteiger partial charge on any atom is 0.295 e. The number of benzene rings is 3. The van der Waals surface area contributed by atoms with E-state index in [2.05, 4.69) is 15.4 Å². The zero-order chi connectivity index (χ0) is 23.4. The van der Waals surface area contributed by atoms with Gasteiger partial charge in [-0.25, -0.2) is 9.67 Å². The van der Waals surface area contributed by atoms with Gasteiger partial charge in [-0.2, -0.15) is 0 Å². The van der Waals surface area contributed by atoms with Crippen molar-refractivity contribution in [1.29, 1.82) is 0 Å². The molecule has 0 aliphatic rings. The first-order valence-corrected chi connectivity index (χ1v) is 10.2. The number of amides is 1. The Morgan fingerprint density at radius 1 is 0.848 bits per heavy atom. The number of methoxy groups -OCH3 is 3. The fourth-order valence-electron chi connectivity index (χ4n) is 3.29. The highest BCUT2D eigenvalue weighted by Gasteiger charge is 2.20. The summed E-state index contributed by atoms with van der Waals surface area (Å²) in [6.45, 7) is 2.01. The van der Waals surface area contributed by atoms with Crippen molar-refractivity contribution < 1.29 is 19.0 Å². The van der Waals surface area contributed by atoms with Gasteiger partial charge >= 0.3 is 0 Å². The van der Waals surface area contributed by atoms with E-state index in [0.29, 0.717) is 23.0 Å². The number of nitrogens with one attached hydrogen (secondary N) is 1. The second-order valence-corrected chi connectivity index (χ2v) is 7.26. The molecular formula is C25H24N4O4. The van der Waals surface area contributed by atoms with Crippen LogP contribution in [-0.2, 0) is 0 Å². The summed E-state index contributed by atoms with van der Waals surface area (Å²) in [5, 5.41) is 7.33. The number of anilines is 1. The normalized spacial score (nSPS) is 10.5. The smallest absolute Gasteiger partial charge is 0.295 e. The average Bonchev–Trinajstić information content (AvgIpc) is 3.30. The first kappa shape index (κ1) is 21.9. The van der Waals surface area contributed by atoms with Crippen molar-refractivity contribution in [2.75, 3.05) is 26.6 Å². The molecule has 0 spiro atoms. The molecule has 0 fully saturated rings. The van der Waals surface area contributed by atoms with Crippen LogP contribution in [0.4, 0.5) is 5.69 Å². The number of ether oxygens (including phenoxy) is 3. The maximum atomic E-state index is 13.1. The van der Waals surface area contributed by atoms with Crippen molar-refractivity contribution in [2.45, 2.75) is 6.92 Å². The van der Waals surface area contributed by atoms with E-state index in [1.807, 2.05) is 55.5 Å². The van der Waals surface area contributed by atoms with E-state index in [9.17, 15) is 4.79 Å². The SMILES string of the molecule is COc1ccc(-n2nc(C(=O)Nc3cc(OC)ccc3OC)nc2-c2ccc(C)cc2)cc1. The lowest BCUT2D eigenvalue weighted by molar-refractivity contribution is 0.101. The molecular weight excluding hydrogens is 420 g/mol. The highest BCUT2D eigenvalue weighted by atomic mass is 16.5. The monoisotopic (exact) mass is 444 g/mol. The summed E-state index contributed by atoms with van der Waals surface area (Å²) >= 11 is 0. The summed E-state index contributed by atoms with van der Waals surface area (Å²) in [6, 6.07) is 20.4. The van der Waals surface area contributed by atoms with Crippen molar-refractivity contribution >= 4 is 11.6 Å². The number of carbonyl (C=O) groups is 1. The van der Waals surface area contributed by atoms with Gasteiger partial charge in [-0.3, -0.25) is 4.79 Å². The van der Waals surface area contributed by atoms with Crippen LogP contribution < -0.4 is 19.5 Å². The largest absolute Gasteiger partial charge is 0.497 e. The van der Waals surface area contributed by atoms with Crippen molar-refractivity contribution in [3.05, 3.63) is 78.1 Å². The Morgan fingerprint density at radius 3 is 2.15 bits per heavy atom. The molecule has 33 heavy (non-hydrogen) atoms. The molecule has 1 aromatic heterocycles. The van der Waals surface area contributed by atoms with Crippen LogP contribution in [0, 0.1) is 6.92 Å². The molecule has 0 unspecified atom stereocenters. The predicted molar refractivity (Wildman–Crippen MR) is 126 cm³/mol. The van der Waals surface area contributed by atoms with Gasteiger partial charge in [0, 0.05) is 11.6 Å². The molecule has 0 radical (unpaired) electrons. The van der Waals surface area contributed by atoms with Gasteiger partial charge in [-0.05, 0) is 43.3 Å². The molecule has 0 aliphatic heterocycles. The minimum Gasteiger partial charge on any atom is -0.497 e. The van der Waals surface area contributed by atoms with E-state index in [1.165, 1.54) is 7.11 Å². The van der Waals surface area contributed by atoms with Crippen molar-refractivity contribution in [3.8, 4) is 34.3 Å². The van der Waals surface area contributed by atoms with Gasteiger partial charge in [0.15, 0.2) is 5.82 Å². The second kappa shape index (κ2) is 9.44. The maximum absolute atomic E-state index is 13.1. The number of aryl methyl sites for hydroxylation is 1. The highest BCUT2D eigenvalue weighted by molar-refractivity contribution is 6.02. The Morgan fingerprint density at radius 2 is 1.52 bits per heavy atom. The molecule has 4 aromatic rings. The predicted octanol–water partition coefficient (Wildman–Crippen LogP) is 4.52. The number of nitrogens with zero attached hydrogens (tertiary/aromatic N) is 3. The Bertz CT molecular complexity index is 1260. The summed E-state index contributed by atoms with van der Waals surface area (Å²) in [7, 11) is 4.69. The lowest BCUT2D eigenvalue weighted by Crippen LogP contribution is -2.15. The van der Waals surface area contributed by atoms with E-state index in [1.54, 1.807) is 37.1 Å².